The van der Waals surface area contributed by atoms with Gasteiger partial charge in [0.1, 0.15) is 0 Å². The van der Waals surface area contributed by atoms with Crippen LogP contribution >= 0.6 is 0 Å². The maximum Gasteiger partial charge on any atom is 0.0625 e. The van der Waals surface area contributed by atoms with Crippen molar-refractivity contribution in [3.05, 3.63) is 47.7 Å². The van der Waals surface area contributed by atoms with E-state index in [0.717, 1.165) is 0 Å². The number of nitriles is 1. The van der Waals surface area contributed by atoms with Crippen molar-refractivity contribution in [3.63, 3.8) is 0 Å². The molecule has 2 nitrogen and oxygen atoms in total. The largest absolute Gasteiger partial charge is 0.358 e. The molecule has 1 aliphatic carbocycles. The average Bonchev–Trinajstić information content (AvgIpc) is 2.87. The number of fused-ring (bicyclic) bond motifs is 3. The molecule has 110 valence electrons. The van der Waals surface area contributed by atoms with Crippen LogP contribution in [0.3, 0.4) is 0 Å². The van der Waals surface area contributed by atoms with Crippen LogP contribution in [0.25, 0.3) is 21.7 Å². The van der Waals surface area contributed by atoms with Crippen LogP contribution < -0.4 is 0 Å². The molecular weight excluding hydrogens is 268 g/mol. The summed E-state index contributed by atoms with van der Waals surface area (Å²) < 4.78 is 0. The highest BCUT2D eigenvalue weighted by molar-refractivity contribution is 6.07. The standard InChI is InChI=1S/C20H20N2/c1-12-17(18-16(10-11-21)20(18,2)3)15-9-8-13-6-4-5-7-14(13)19(15)22-12/h4-9,16,18,22H,10H2,1-3H3/t16-,18+/m1/s1. The SMILES string of the molecule is Cc1[nH]c2c(ccc3ccccc32)c1[C@@H]1[C@@H](CC#N)C1(C)C. The highest BCUT2D eigenvalue weighted by Crippen LogP contribution is 2.67. The first-order valence-corrected chi connectivity index (χ1v) is 7.92. The molecule has 1 saturated carbocycles. The molecule has 0 radical (unpaired) electrons. The number of aryl methyl sites for hydroxylation is 1. The van der Waals surface area contributed by atoms with Gasteiger partial charge in [-0.05, 0) is 35.1 Å². The van der Waals surface area contributed by atoms with Crippen LogP contribution in [0.4, 0.5) is 0 Å². The van der Waals surface area contributed by atoms with Crippen LogP contribution in [0, 0.1) is 29.6 Å². The molecule has 4 rings (SSSR count). The van der Waals surface area contributed by atoms with E-state index in [2.05, 4.69) is 68.2 Å². The number of hydrogen-bond donors (Lipinski definition) is 1. The van der Waals surface area contributed by atoms with Crippen molar-refractivity contribution in [3.8, 4) is 6.07 Å². The average molecular weight is 288 g/mol. The van der Waals surface area contributed by atoms with Gasteiger partial charge < -0.3 is 4.98 Å². The third kappa shape index (κ3) is 1.66. The summed E-state index contributed by atoms with van der Waals surface area (Å²) >= 11 is 0. The van der Waals surface area contributed by atoms with Gasteiger partial charge in [-0.2, -0.15) is 5.26 Å². The minimum atomic E-state index is 0.223. The van der Waals surface area contributed by atoms with Gasteiger partial charge in [-0.3, -0.25) is 0 Å². The molecule has 3 aromatic rings. The lowest BCUT2D eigenvalue weighted by Gasteiger charge is -2.04. The molecule has 0 spiro atoms. The first kappa shape index (κ1) is 13.4. The first-order valence-electron chi connectivity index (χ1n) is 7.92. The number of rotatable bonds is 2. The lowest BCUT2D eigenvalue weighted by molar-refractivity contribution is 0.559. The molecule has 1 N–H and O–H groups in total. The fourth-order valence-electron chi connectivity index (χ4n) is 4.28. The van der Waals surface area contributed by atoms with Crippen molar-refractivity contribution in [2.75, 3.05) is 0 Å². The zero-order chi connectivity index (χ0) is 15.5. The highest BCUT2D eigenvalue weighted by atomic mass is 14.7. The van der Waals surface area contributed by atoms with E-state index < -0.39 is 0 Å². The normalized spacial score (nSPS) is 22.8. The van der Waals surface area contributed by atoms with E-state index in [1.165, 1.54) is 32.9 Å². The van der Waals surface area contributed by atoms with Gasteiger partial charge in [-0.25, -0.2) is 0 Å². The van der Waals surface area contributed by atoms with Crippen molar-refractivity contribution in [2.45, 2.75) is 33.1 Å². The summed E-state index contributed by atoms with van der Waals surface area (Å²) in [5.74, 6) is 0.962. The van der Waals surface area contributed by atoms with Crippen LogP contribution in [0.15, 0.2) is 36.4 Å². The van der Waals surface area contributed by atoms with Gasteiger partial charge in [0.05, 0.1) is 11.6 Å². The van der Waals surface area contributed by atoms with E-state index >= 15 is 0 Å². The van der Waals surface area contributed by atoms with Crippen molar-refractivity contribution in [1.29, 1.82) is 5.26 Å². The summed E-state index contributed by atoms with van der Waals surface area (Å²) in [5, 5.41) is 13.0. The number of aromatic nitrogens is 1. The predicted octanol–water partition coefficient (Wildman–Crippen LogP) is 5.28. The number of H-pyrrole nitrogens is 1. The molecule has 1 aliphatic rings. The Morgan fingerprint density at radius 1 is 1.14 bits per heavy atom. The van der Waals surface area contributed by atoms with Crippen molar-refractivity contribution in [2.24, 2.45) is 11.3 Å². The summed E-state index contributed by atoms with van der Waals surface area (Å²) in [6.07, 6.45) is 0.650. The summed E-state index contributed by atoms with van der Waals surface area (Å²) in [6.45, 7) is 6.75. The Hall–Kier alpha value is -2.27. The minimum absolute atomic E-state index is 0.223. The fraction of sp³-hybridized carbons (Fsp3) is 0.350. The Balaban J connectivity index is 1.95. The zero-order valence-electron chi connectivity index (χ0n) is 13.3. The van der Waals surface area contributed by atoms with E-state index in [0.29, 0.717) is 18.3 Å². The molecule has 0 unspecified atom stereocenters. The second-order valence-electron chi connectivity index (χ2n) is 7.14. The molecule has 1 aromatic heterocycles. The van der Waals surface area contributed by atoms with Gasteiger partial charge in [0.25, 0.3) is 0 Å². The van der Waals surface area contributed by atoms with Crippen LogP contribution in [-0.4, -0.2) is 4.98 Å². The van der Waals surface area contributed by atoms with Gasteiger partial charge in [0.2, 0.25) is 0 Å². The molecule has 1 heterocycles. The van der Waals surface area contributed by atoms with Gasteiger partial charge >= 0.3 is 0 Å². The maximum absolute atomic E-state index is 9.09. The number of nitrogens with zero attached hydrogens (tertiary/aromatic N) is 1. The number of aromatic amines is 1. The lowest BCUT2D eigenvalue weighted by atomic mass is 9.98. The topological polar surface area (TPSA) is 39.6 Å². The smallest absolute Gasteiger partial charge is 0.0625 e. The molecule has 2 aromatic carbocycles. The molecule has 0 saturated heterocycles. The molecule has 0 aliphatic heterocycles. The third-order valence-electron chi connectivity index (χ3n) is 5.61. The molecule has 2 atom stereocenters. The van der Waals surface area contributed by atoms with Crippen LogP contribution in [-0.2, 0) is 0 Å². The summed E-state index contributed by atoms with van der Waals surface area (Å²) in [5.41, 5.74) is 4.14. The molecule has 0 bridgehead atoms. The number of benzene rings is 2. The second kappa shape index (κ2) is 4.36. The minimum Gasteiger partial charge on any atom is -0.358 e. The first-order chi connectivity index (χ1) is 10.6. The van der Waals surface area contributed by atoms with Gasteiger partial charge in [-0.1, -0.05) is 50.2 Å². The van der Waals surface area contributed by atoms with Crippen molar-refractivity contribution < 1.29 is 0 Å². The van der Waals surface area contributed by atoms with Crippen molar-refractivity contribution in [1.82, 2.24) is 4.98 Å². The van der Waals surface area contributed by atoms with Crippen LogP contribution in [0.5, 0.6) is 0 Å². The molecule has 0 amide bonds. The van der Waals surface area contributed by atoms with Gasteiger partial charge in [-0.15, -0.1) is 0 Å². The zero-order valence-corrected chi connectivity index (χ0v) is 13.3. The predicted molar refractivity (Wildman–Crippen MR) is 90.8 cm³/mol. The Kier molecular flexibility index (Phi) is 2.66. The third-order valence-corrected chi connectivity index (χ3v) is 5.61. The van der Waals surface area contributed by atoms with E-state index in [1.54, 1.807) is 0 Å². The van der Waals surface area contributed by atoms with Crippen molar-refractivity contribution >= 4 is 21.7 Å². The molecule has 2 heteroatoms. The van der Waals surface area contributed by atoms with E-state index in [9.17, 15) is 0 Å². The second-order valence-corrected chi connectivity index (χ2v) is 7.14. The number of hydrogen-bond acceptors (Lipinski definition) is 1. The van der Waals surface area contributed by atoms with Crippen LogP contribution in [0.2, 0.25) is 0 Å². The monoisotopic (exact) mass is 288 g/mol. The molecule has 22 heavy (non-hydrogen) atoms. The summed E-state index contributed by atoms with van der Waals surface area (Å²) in [7, 11) is 0. The quantitative estimate of drug-likeness (QED) is 0.684. The molecule has 1 fully saturated rings. The Morgan fingerprint density at radius 3 is 2.68 bits per heavy atom. The van der Waals surface area contributed by atoms with E-state index in [4.69, 9.17) is 5.26 Å². The van der Waals surface area contributed by atoms with Gasteiger partial charge in [0, 0.05) is 22.9 Å². The van der Waals surface area contributed by atoms with E-state index in [1.807, 2.05) is 0 Å². The van der Waals surface area contributed by atoms with E-state index in [-0.39, 0.29) is 5.41 Å². The van der Waals surface area contributed by atoms with Gasteiger partial charge in [0.15, 0.2) is 0 Å². The Bertz CT molecular complexity index is 924. The lowest BCUT2D eigenvalue weighted by Crippen LogP contribution is -1.91. The highest BCUT2D eigenvalue weighted by Gasteiger charge is 2.58. The Labute approximate surface area is 130 Å². The summed E-state index contributed by atoms with van der Waals surface area (Å²) in [6, 6.07) is 15.3. The molecular formula is C20H20N2. The fourth-order valence-corrected chi connectivity index (χ4v) is 4.28. The maximum atomic E-state index is 9.09. The summed E-state index contributed by atoms with van der Waals surface area (Å²) in [4.78, 5) is 3.61. The number of nitrogens with one attached hydrogen (secondary N) is 1. The van der Waals surface area contributed by atoms with Crippen LogP contribution in [0.1, 0.15) is 37.4 Å². The Morgan fingerprint density at radius 2 is 1.91 bits per heavy atom.